The number of hydrogen-bond donors (Lipinski definition) is 0. The van der Waals surface area contributed by atoms with Crippen molar-refractivity contribution in [3.63, 3.8) is 0 Å². The Kier molecular flexibility index (Phi) is 5.19. The van der Waals surface area contributed by atoms with Crippen LogP contribution in [0, 0.1) is 0 Å². The summed E-state index contributed by atoms with van der Waals surface area (Å²) in [6, 6.07) is 2.91. The van der Waals surface area contributed by atoms with Crippen LogP contribution in [0.1, 0.15) is 5.56 Å². The molecule has 1 aliphatic rings. The SMILES string of the molecule is COCCN1C(=O)S/C(=C\c2coc3c(Cl)cc(Cl)cc3c2=O)C1=O. The van der Waals surface area contributed by atoms with Gasteiger partial charge >= 0.3 is 0 Å². The molecule has 2 aromatic rings. The lowest BCUT2D eigenvalue weighted by Crippen LogP contribution is -2.31. The predicted molar refractivity (Wildman–Crippen MR) is 97.1 cm³/mol. The zero-order valence-corrected chi connectivity index (χ0v) is 15.2. The van der Waals surface area contributed by atoms with E-state index < -0.39 is 16.6 Å². The van der Waals surface area contributed by atoms with Gasteiger partial charge in [0.1, 0.15) is 6.26 Å². The first-order valence-electron chi connectivity index (χ1n) is 7.07. The number of ether oxygens (including phenoxy) is 1. The molecule has 1 aromatic heterocycles. The van der Waals surface area contributed by atoms with E-state index >= 15 is 0 Å². The molecular weight excluding hydrogens is 389 g/mol. The molecule has 0 bridgehead atoms. The second-order valence-corrected chi connectivity index (χ2v) is 6.95. The molecule has 1 aliphatic heterocycles. The molecule has 0 aliphatic carbocycles. The third-order valence-electron chi connectivity index (χ3n) is 3.50. The van der Waals surface area contributed by atoms with E-state index in [1.54, 1.807) is 0 Å². The molecule has 0 unspecified atom stereocenters. The number of carbonyl (C=O) groups is 2. The summed E-state index contributed by atoms with van der Waals surface area (Å²) in [6.07, 6.45) is 2.53. The minimum absolute atomic E-state index is 0.128. The summed E-state index contributed by atoms with van der Waals surface area (Å²) < 4.78 is 10.3. The van der Waals surface area contributed by atoms with Crippen molar-refractivity contribution < 1.29 is 18.7 Å². The standard InChI is InChI=1S/C16H11Cl2NO5S/c1-23-3-2-19-15(21)12(25-16(19)22)4-8-7-24-14-10(13(8)20)5-9(17)6-11(14)18/h4-7H,2-3H2,1H3/b12-4-. The molecule has 0 saturated carbocycles. The summed E-state index contributed by atoms with van der Waals surface area (Å²) in [7, 11) is 1.48. The Morgan fingerprint density at radius 2 is 2.04 bits per heavy atom. The normalized spacial score (nSPS) is 16.4. The Balaban J connectivity index is 2.02. The predicted octanol–water partition coefficient (Wildman–Crippen LogP) is 3.78. The molecule has 1 fully saturated rings. The summed E-state index contributed by atoms with van der Waals surface area (Å²) in [5.74, 6) is -0.476. The van der Waals surface area contributed by atoms with E-state index in [2.05, 4.69) is 0 Å². The zero-order chi connectivity index (χ0) is 18.1. The fourth-order valence-electron chi connectivity index (χ4n) is 2.30. The van der Waals surface area contributed by atoms with E-state index in [4.69, 9.17) is 32.4 Å². The van der Waals surface area contributed by atoms with E-state index in [-0.39, 0.29) is 39.6 Å². The van der Waals surface area contributed by atoms with Gasteiger partial charge in [-0.05, 0) is 30.0 Å². The second kappa shape index (κ2) is 7.21. The molecule has 3 rings (SSSR count). The van der Waals surface area contributed by atoms with Crippen molar-refractivity contribution in [1.82, 2.24) is 4.90 Å². The zero-order valence-electron chi connectivity index (χ0n) is 12.9. The average Bonchev–Trinajstić information content (AvgIpc) is 2.82. The van der Waals surface area contributed by atoms with Crippen LogP contribution in [0.25, 0.3) is 17.0 Å². The van der Waals surface area contributed by atoms with Gasteiger partial charge in [-0.25, -0.2) is 0 Å². The first-order chi connectivity index (χ1) is 11.9. The number of halogens is 2. The summed E-state index contributed by atoms with van der Waals surface area (Å²) in [5, 5.41) is 0.294. The van der Waals surface area contributed by atoms with Crippen molar-refractivity contribution in [3.8, 4) is 0 Å². The van der Waals surface area contributed by atoms with Crippen molar-refractivity contribution in [2.24, 2.45) is 0 Å². The van der Waals surface area contributed by atoms with Crippen molar-refractivity contribution in [2.75, 3.05) is 20.3 Å². The monoisotopic (exact) mass is 399 g/mol. The van der Waals surface area contributed by atoms with E-state index in [1.165, 1.54) is 31.6 Å². The number of amides is 2. The van der Waals surface area contributed by atoms with E-state index in [1.807, 2.05) is 0 Å². The molecule has 6 nitrogen and oxygen atoms in total. The number of thioether (sulfide) groups is 1. The van der Waals surface area contributed by atoms with Gasteiger partial charge in [-0.3, -0.25) is 19.3 Å². The van der Waals surface area contributed by atoms with Crippen molar-refractivity contribution in [3.05, 3.63) is 49.1 Å². The summed E-state index contributed by atoms with van der Waals surface area (Å²) in [6.45, 7) is 0.385. The van der Waals surface area contributed by atoms with Crippen LogP contribution >= 0.6 is 35.0 Å². The molecule has 130 valence electrons. The van der Waals surface area contributed by atoms with Crippen LogP contribution in [-0.2, 0) is 9.53 Å². The summed E-state index contributed by atoms with van der Waals surface area (Å²) in [5.41, 5.74) is -0.0566. The molecule has 0 radical (unpaired) electrons. The van der Waals surface area contributed by atoms with Gasteiger partial charge in [-0.15, -0.1) is 0 Å². The number of hydrogen-bond acceptors (Lipinski definition) is 6. The fraction of sp³-hybridized carbons (Fsp3) is 0.188. The third kappa shape index (κ3) is 3.46. The molecular formula is C16H11Cl2NO5S. The molecule has 9 heteroatoms. The largest absolute Gasteiger partial charge is 0.462 e. The molecule has 1 aromatic carbocycles. The smallest absolute Gasteiger partial charge is 0.293 e. The Hall–Kier alpha value is -1.80. The Bertz CT molecular complexity index is 969. The van der Waals surface area contributed by atoms with Crippen LogP contribution in [0.2, 0.25) is 10.0 Å². The van der Waals surface area contributed by atoms with Crippen LogP contribution in [-0.4, -0.2) is 36.3 Å². The fourth-order valence-corrected chi connectivity index (χ4v) is 3.69. The van der Waals surface area contributed by atoms with Gasteiger partial charge in [0.15, 0.2) is 11.0 Å². The highest BCUT2D eigenvalue weighted by atomic mass is 35.5. The summed E-state index contributed by atoms with van der Waals surface area (Å²) >= 11 is 12.7. The number of methoxy groups -OCH3 is 1. The number of carbonyl (C=O) groups excluding carboxylic acids is 2. The Morgan fingerprint density at radius 3 is 2.76 bits per heavy atom. The Morgan fingerprint density at radius 1 is 1.28 bits per heavy atom. The molecule has 0 atom stereocenters. The van der Waals surface area contributed by atoms with Crippen molar-refractivity contribution in [2.45, 2.75) is 0 Å². The minimum atomic E-state index is -0.476. The lowest BCUT2D eigenvalue weighted by Gasteiger charge is -2.10. The number of imide groups is 1. The highest BCUT2D eigenvalue weighted by molar-refractivity contribution is 8.18. The number of benzene rings is 1. The number of fused-ring (bicyclic) bond motifs is 1. The second-order valence-electron chi connectivity index (χ2n) is 5.11. The average molecular weight is 400 g/mol. The van der Waals surface area contributed by atoms with Gasteiger partial charge < -0.3 is 9.15 Å². The van der Waals surface area contributed by atoms with Crippen molar-refractivity contribution >= 4 is 63.2 Å². The van der Waals surface area contributed by atoms with E-state index in [0.29, 0.717) is 5.02 Å². The van der Waals surface area contributed by atoms with Gasteiger partial charge in [0.2, 0.25) is 0 Å². The molecule has 2 heterocycles. The molecule has 1 saturated heterocycles. The van der Waals surface area contributed by atoms with Crippen LogP contribution < -0.4 is 5.43 Å². The lowest BCUT2D eigenvalue weighted by atomic mass is 10.1. The number of rotatable bonds is 4. The maximum Gasteiger partial charge on any atom is 0.293 e. The third-order valence-corrected chi connectivity index (χ3v) is 4.90. The minimum Gasteiger partial charge on any atom is -0.462 e. The molecule has 2 amide bonds. The van der Waals surface area contributed by atoms with Gasteiger partial charge in [-0.1, -0.05) is 23.2 Å². The van der Waals surface area contributed by atoms with Crippen LogP contribution in [0.4, 0.5) is 4.79 Å². The highest BCUT2D eigenvalue weighted by Crippen LogP contribution is 2.32. The molecule has 0 N–H and O–H groups in total. The first kappa shape index (κ1) is 18.0. The maximum absolute atomic E-state index is 12.6. The maximum atomic E-state index is 12.6. The van der Waals surface area contributed by atoms with E-state index in [9.17, 15) is 14.4 Å². The highest BCUT2D eigenvalue weighted by Gasteiger charge is 2.34. The van der Waals surface area contributed by atoms with Crippen LogP contribution in [0.3, 0.4) is 0 Å². The quantitative estimate of drug-likeness (QED) is 0.727. The van der Waals surface area contributed by atoms with E-state index in [0.717, 1.165) is 16.7 Å². The molecule has 25 heavy (non-hydrogen) atoms. The summed E-state index contributed by atoms with van der Waals surface area (Å²) in [4.78, 5) is 38.0. The Labute approximate surface area is 156 Å². The van der Waals surface area contributed by atoms with Gasteiger partial charge in [0, 0.05) is 12.1 Å². The lowest BCUT2D eigenvalue weighted by molar-refractivity contribution is -0.123. The number of nitrogens with zero attached hydrogens (tertiary/aromatic N) is 1. The van der Waals surface area contributed by atoms with Gasteiger partial charge in [-0.2, -0.15) is 0 Å². The van der Waals surface area contributed by atoms with Crippen LogP contribution in [0.15, 0.2) is 32.5 Å². The topological polar surface area (TPSA) is 76.8 Å². The first-order valence-corrected chi connectivity index (χ1v) is 8.64. The van der Waals surface area contributed by atoms with Crippen LogP contribution in [0.5, 0.6) is 0 Å². The van der Waals surface area contributed by atoms with Gasteiger partial charge in [0.05, 0.1) is 34.0 Å². The van der Waals surface area contributed by atoms with Crippen molar-refractivity contribution in [1.29, 1.82) is 0 Å². The molecule has 0 spiro atoms. The van der Waals surface area contributed by atoms with Gasteiger partial charge in [0.25, 0.3) is 11.1 Å².